The lowest BCUT2D eigenvalue weighted by Crippen LogP contribution is -2.32. The molecular weight excluding hydrogens is 474 g/mol. The molecule has 0 radical (unpaired) electrons. The molecule has 0 N–H and O–H groups in total. The molecule has 1 aromatic carbocycles. The van der Waals surface area contributed by atoms with Crippen molar-refractivity contribution >= 4 is 11.6 Å². The van der Waals surface area contributed by atoms with Crippen molar-refractivity contribution in [3.05, 3.63) is 40.7 Å². The van der Waals surface area contributed by atoms with Crippen LogP contribution in [0.1, 0.15) is 31.2 Å². The minimum Gasteiger partial charge on any atom is -0.473 e. The van der Waals surface area contributed by atoms with E-state index in [-0.39, 0.29) is 22.6 Å². The standard InChI is InChI=1S/C24H26ClF4N3O2/c25-21-2-1-17(26)9-19(21)23-20(24(27,28)29)10-22(30-31-23)34-18-7-15-12-32(13-16(15)8-18)11-14-3-5-33-6-4-14/h1-2,9-10,14-16,18H,3-8,11-13H2/t15-,16+,18+. The highest BCUT2D eigenvalue weighted by Gasteiger charge is 2.43. The first-order chi connectivity index (χ1) is 16.3. The van der Waals surface area contributed by atoms with Gasteiger partial charge in [-0.05, 0) is 61.6 Å². The van der Waals surface area contributed by atoms with Crippen LogP contribution in [-0.2, 0) is 10.9 Å². The molecule has 2 aromatic rings. The number of ether oxygens (including phenoxy) is 2. The Morgan fingerprint density at radius 2 is 1.76 bits per heavy atom. The Bertz CT molecular complexity index is 1020. The van der Waals surface area contributed by atoms with Crippen LogP contribution in [0.3, 0.4) is 0 Å². The molecular formula is C24H26ClF4N3O2. The van der Waals surface area contributed by atoms with Gasteiger partial charge in [0.1, 0.15) is 17.6 Å². The minimum atomic E-state index is -4.73. The number of aromatic nitrogens is 2. The van der Waals surface area contributed by atoms with Crippen molar-refractivity contribution in [2.45, 2.75) is 38.0 Å². The molecule has 0 bridgehead atoms. The molecule has 5 nitrogen and oxygen atoms in total. The molecule has 1 saturated carbocycles. The smallest absolute Gasteiger partial charge is 0.418 e. The SMILES string of the molecule is Fc1ccc(Cl)c(-c2nnc(O[C@H]3C[C@@H]4CN(CC5CCOCC5)C[C@@H]4C3)cc2C(F)(F)F)c1. The van der Waals surface area contributed by atoms with Crippen molar-refractivity contribution in [1.29, 1.82) is 0 Å². The molecule has 2 saturated heterocycles. The molecule has 0 unspecified atom stereocenters. The molecule has 3 fully saturated rings. The average Bonchev–Trinajstić information content (AvgIpc) is 3.33. The normalized spacial score (nSPS) is 26.1. The van der Waals surface area contributed by atoms with E-state index in [0.717, 1.165) is 76.7 Å². The molecule has 2 aliphatic heterocycles. The number of fused-ring (bicyclic) bond motifs is 1. The van der Waals surface area contributed by atoms with E-state index in [9.17, 15) is 17.6 Å². The van der Waals surface area contributed by atoms with Crippen LogP contribution in [-0.4, -0.2) is 54.0 Å². The van der Waals surface area contributed by atoms with Crippen LogP contribution in [0.4, 0.5) is 17.6 Å². The molecule has 34 heavy (non-hydrogen) atoms. The zero-order valence-electron chi connectivity index (χ0n) is 18.5. The van der Waals surface area contributed by atoms with Crippen LogP contribution in [0.25, 0.3) is 11.3 Å². The van der Waals surface area contributed by atoms with Gasteiger partial charge in [0.2, 0.25) is 5.88 Å². The molecule has 10 heteroatoms. The third-order valence-corrected chi connectivity index (χ3v) is 7.52. The molecule has 5 rings (SSSR count). The Morgan fingerprint density at radius 3 is 2.44 bits per heavy atom. The van der Waals surface area contributed by atoms with E-state index in [4.69, 9.17) is 21.1 Å². The molecule has 0 spiro atoms. The lowest BCUT2D eigenvalue weighted by Gasteiger charge is -2.27. The molecule has 0 amide bonds. The first kappa shape index (κ1) is 23.8. The van der Waals surface area contributed by atoms with Crippen LogP contribution in [0, 0.1) is 23.6 Å². The molecule has 1 aliphatic carbocycles. The predicted octanol–water partition coefficient (Wildman–Crippen LogP) is 5.47. The van der Waals surface area contributed by atoms with Crippen molar-refractivity contribution < 1.29 is 27.0 Å². The molecule has 3 aliphatic rings. The van der Waals surface area contributed by atoms with Gasteiger partial charge >= 0.3 is 6.18 Å². The maximum absolute atomic E-state index is 13.8. The van der Waals surface area contributed by atoms with Gasteiger partial charge in [0.05, 0.1) is 10.6 Å². The fraction of sp³-hybridized carbons (Fsp3) is 0.583. The molecule has 3 atom stereocenters. The van der Waals surface area contributed by atoms with E-state index < -0.39 is 23.3 Å². The lowest BCUT2D eigenvalue weighted by molar-refractivity contribution is -0.137. The van der Waals surface area contributed by atoms with Crippen LogP contribution in [0.15, 0.2) is 24.3 Å². The number of likely N-dealkylation sites (tertiary alicyclic amines) is 1. The third-order valence-electron chi connectivity index (χ3n) is 7.19. The summed E-state index contributed by atoms with van der Waals surface area (Å²) in [7, 11) is 0. The predicted molar refractivity (Wildman–Crippen MR) is 118 cm³/mol. The van der Waals surface area contributed by atoms with Gasteiger partial charge in [-0.2, -0.15) is 13.2 Å². The van der Waals surface area contributed by atoms with Gasteiger partial charge in [0.15, 0.2) is 0 Å². The lowest BCUT2D eigenvalue weighted by atomic mass is 10.00. The monoisotopic (exact) mass is 499 g/mol. The fourth-order valence-corrected chi connectivity index (χ4v) is 5.78. The van der Waals surface area contributed by atoms with Gasteiger partial charge < -0.3 is 14.4 Å². The van der Waals surface area contributed by atoms with Gasteiger partial charge in [-0.15, -0.1) is 10.2 Å². The Kier molecular flexibility index (Phi) is 6.70. The summed E-state index contributed by atoms with van der Waals surface area (Å²) in [6.07, 6.45) is -1.14. The van der Waals surface area contributed by atoms with Gasteiger partial charge in [0, 0.05) is 44.5 Å². The molecule has 3 heterocycles. The largest absolute Gasteiger partial charge is 0.473 e. The van der Waals surface area contributed by atoms with E-state index in [1.165, 1.54) is 6.07 Å². The number of benzene rings is 1. The summed E-state index contributed by atoms with van der Waals surface area (Å²) < 4.78 is 66.4. The summed E-state index contributed by atoms with van der Waals surface area (Å²) in [6.45, 7) is 4.77. The highest BCUT2D eigenvalue weighted by molar-refractivity contribution is 6.33. The first-order valence-corrected chi connectivity index (χ1v) is 12.0. The maximum Gasteiger partial charge on any atom is 0.418 e. The summed E-state index contributed by atoms with van der Waals surface area (Å²) in [6, 6.07) is 4.04. The maximum atomic E-state index is 13.8. The zero-order chi connectivity index (χ0) is 23.9. The summed E-state index contributed by atoms with van der Waals surface area (Å²) in [5.41, 5.74) is -1.73. The Labute approximate surface area is 200 Å². The van der Waals surface area contributed by atoms with Crippen molar-refractivity contribution in [3.63, 3.8) is 0 Å². The second-order valence-corrected chi connectivity index (χ2v) is 9.98. The number of hydrogen-bond donors (Lipinski definition) is 0. The topological polar surface area (TPSA) is 47.5 Å². The number of nitrogens with zero attached hydrogens (tertiary/aromatic N) is 3. The van der Waals surface area contributed by atoms with E-state index in [0.29, 0.717) is 17.8 Å². The number of rotatable bonds is 5. The van der Waals surface area contributed by atoms with E-state index in [1.807, 2.05) is 0 Å². The zero-order valence-corrected chi connectivity index (χ0v) is 19.3. The first-order valence-electron chi connectivity index (χ1n) is 11.6. The highest BCUT2D eigenvalue weighted by Crippen LogP contribution is 2.42. The Morgan fingerprint density at radius 1 is 1.06 bits per heavy atom. The van der Waals surface area contributed by atoms with Gasteiger partial charge in [-0.25, -0.2) is 4.39 Å². The van der Waals surface area contributed by atoms with Crippen molar-refractivity contribution in [1.82, 2.24) is 15.1 Å². The molecule has 184 valence electrons. The van der Waals surface area contributed by atoms with Crippen molar-refractivity contribution in [3.8, 4) is 17.1 Å². The second-order valence-electron chi connectivity index (χ2n) is 9.57. The van der Waals surface area contributed by atoms with Crippen molar-refractivity contribution in [2.75, 3.05) is 32.8 Å². The Hall–Kier alpha value is -1.97. The number of alkyl halides is 3. The van der Waals surface area contributed by atoms with Crippen LogP contribution < -0.4 is 4.74 Å². The number of hydrogen-bond acceptors (Lipinski definition) is 5. The summed E-state index contributed by atoms with van der Waals surface area (Å²) in [4.78, 5) is 2.51. The Balaban J connectivity index is 1.26. The summed E-state index contributed by atoms with van der Waals surface area (Å²) >= 11 is 6.01. The van der Waals surface area contributed by atoms with Crippen LogP contribution in [0.5, 0.6) is 5.88 Å². The second kappa shape index (κ2) is 9.59. The third kappa shape index (κ3) is 5.16. The van der Waals surface area contributed by atoms with E-state index in [2.05, 4.69) is 15.1 Å². The van der Waals surface area contributed by atoms with Gasteiger partial charge in [-0.3, -0.25) is 0 Å². The average molecular weight is 500 g/mol. The summed E-state index contributed by atoms with van der Waals surface area (Å²) in [5.74, 6) is 0.752. The minimum absolute atomic E-state index is 0.0382. The summed E-state index contributed by atoms with van der Waals surface area (Å²) in [5, 5.41) is 7.58. The van der Waals surface area contributed by atoms with Crippen LogP contribution in [0.2, 0.25) is 5.02 Å². The fourth-order valence-electron chi connectivity index (χ4n) is 5.58. The van der Waals surface area contributed by atoms with Crippen LogP contribution >= 0.6 is 11.6 Å². The number of halogens is 5. The highest BCUT2D eigenvalue weighted by atomic mass is 35.5. The van der Waals surface area contributed by atoms with E-state index in [1.54, 1.807) is 0 Å². The quantitative estimate of drug-likeness (QED) is 0.510. The molecule has 1 aromatic heterocycles. The van der Waals surface area contributed by atoms with Gasteiger partial charge in [-0.1, -0.05) is 11.6 Å². The van der Waals surface area contributed by atoms with Gasteiger partial charge in [0.25, 0.3) is 0 Å². The van der Waals surface area contributed by atoms with Crippen molar-refractivity contribution in [2.24, 2.45) is 17.8 Å². The van der Waals surface area contributed by atoms with E-state index >= 15 is 0 Å².